The van der Waals surface area contributed by atoms with E-state index in [1.165, 1.54) is 37.8 Å². The Morgan fingerprint density at radius 2 is 1.68 bits per heavy atom. The minimum absolute atomic E-state index is 0.0457. The van der Waals surface area contributed by atoms with E-state index >= 15 is 0 Å². The molecule has 11 nitrogen and oxygen atoms in total. The zero-order chi connectivity index (χ0) is 28.6. The summed E-state index contributed by atoms with van der Waals surface area (Å²) in [6.45, 7) is 0.105. The van der Waals surface area contributed by atoms with Crippen molar-refractivity contribution in [3.63, 3.8) is 0 Å². The second kappa shape index (κ2) is 12.3. The number of hydrogen-bond acceptors (Lipinski definition) is 9. The van der Waals surface area contributed by atoms with Crippen molar-refractivity contribution in [2.75, 3.05) is 13.9 Å². The molecule has 1 aliphatic rings. The smallest absolute Gasteiger partial charge is 0.379 e. The highest BCUT2D eigenvalue weighted by atomic mass is 16.7. The molecule has 0 radical (unpaired) electrons. The van der Waals surface area contributed by atoms with Crippen LogP contribution in [0.2, 0.25) is 0 Å². The van der Waals surface area contributed by atoms with E-state index in [9.17, 15) is 14.4 Å². The van der Waals surface area contributed by atoms with E-state index in [0.717, 1.165) is 0 Å². The molecular weight excluding hydrogens is 530 g/mol. The summed E-state index contributed by atoms with van der Waals surface area (Å²) in [7, 11) is 1.42. The molecule has 0 aliphatic carbocycles. The first kappa shape index (κ1) is 26.8. The zero-order valence-electron chi connectivity index (χ0n) is 21.7. The quantitative estimate of drug-likeness (QED) is 0.104. The van der Waals surface area contributed by atoms with Crippen LogP contribution in [0.3, 0.4) is 0 Å². The zero-order valence-corrected chi connectivity index (χ0v) is 21.7. The molecule has 0 unspecified atom stereocenters. The van der Waals surface area contributed by atoms with E-state index in [1.807, 2.05) is 0 Å². The molecule has 41 heavy (non-hydrogen) atoms. The summed E-state index contributed by atoms with van der Waals surface area (Å²) >= 11 is 0. The van der Waals surface area contributed by atoms with Gasteiger partial charge in [0.15, 0.2) is 23.0 Å². The van der Waals surface area contributed by atoms with Crippen LogP contribution in [-0.2, 0) is 4.79 Å². The molecule has 5 rings (SSSR count). The Balaban J connectivity index is 1.31. The van der Waals surface area contributed by atoms with Crippen molar-refractivity contribution in [2.24, 2.45) is 5.10 Å². The number of nitrogens with zero attached hydrogens (tertiary/aromatic N) is 1. The van der Waals surface area contributed by atoms with Crippen LogP contribution >= 0.6 is 0 Å². The first-order valence-electron chi connectivity index (χ1n) is 12.2. The molecule has 0 spiro atoms. The van der Waals surface area contributed by atoms with E-state index in [-0.39, 0.29) is 29.7 Å². The van der Waals surface area contributed by atoms with Gasteiger partial charge in [-0.2, -0.15) is 5.10 Å². The summed E-state index contributed by atoms with van der Waals surface area (Å²) in [5, 5.41) is 6.65. The van der Waals surface area contributed by atoms with Gasteiger partial charge >= 0.3 is 5.97 Å². The molecule has 2 amide bonds. The second-order valence-corrected chi connectivity index (χ2v) is 8.47. The van der Waals surface area contributed by atoms with Crippen molar-refractivity contribution < 1.29 is 37.7 Å². The maximum Gasteiger partial charge on any atom is 0.379 e. The number of ether oxygens (including phenoxy) is 4. The number of methoxy groups -OCH3 is 1. The molecule has 0 saturated carbocycles. The fraction of sp³-hybridized carbons (Fsp3) is 0.0667. The van der Waals surface area contributed by atoms with Crippen LogP contribution in [-0.4, -0.2) is 37.9 Å². The van der Waals surface area contributed by atoms with Gasteiger partial charge in [0.1, 0.15) is 5.70 Å². The fourth-order valence-corrected chi connectivity index (χ4v) is 3.73. The summed E-state index contributed by atoms with van der Waals surface area (Å²) < 4.78 is 26.4. The predicted molar refractivity (Wildman–Crippen MR) is 147 cm³/mol. The van der Waals surface area contributed by atoms with Gasteiger partial charge in [0.2, 0.25) is 12.6 Å². The molecule has 1 aromatic heterocycles. The minimum Gasteiger partial charge on any atom is -0.493 e. The largest absolute Gasteiger partial charge is 0.493 e. The first-order valence-corrected chi connectivity index (χ1v) is 12.2. The number of esters is 1. The van der Waals surface area contributed by atoms with Crippen molar-refractivity contribution in [3.05, 3.63) is 113 Å². The summed E-state index contributed by atoms with van der Waals surface area (Å²) in [5.74, 6) is -0.223. The number of hydrogen-bond donors (Lipinski definition) is 2. The molecule has 2 heterocycles. The molecule has 3 aromatic carbocycles. The predicted octanol–water partition coefficient (Wildman–Crippen LogP) is 4.16. The van der Waals surface area contributed by atoms with Crippen LogP contribution in [0.25, 0.3) is 6.08 Å². The van der Waals surface area contributed by atoms with Gasteiger partial charge in [-0.3, -0.25) is 9.59 Å². The maximum atomic E-state index is 13.1. The Bertz CT molecular complexity index is 1630. The van der Waals surface area contributed by atoms with Gasteiger partial charge in [0, 0.05) is 5.56 Å². The van der Waals surface area contributed by atoms with Gasteiger partial charge < -0.3 is 28.7 Å². The number of benzene rings is 3. The summed E-state index contributed by atoms with van der Waals surface area (Å²) in [4.78, 5) is 38.1. The van der Waals surface area contributed by atoms with Crippen LogP contribution in [0.5, 0.6) is 23.0 Å². The first-order chi connectivity index (χ1) is 20.0. The molecular formula is C30H23N3O8. The Labute approximate surface area is 234 Å². The third-order valence-corrected chi connectivity index (χ3v) is 5.73. The van der Waals surface area contributed by atoms with E-state index in [1.54, 1.807) is 66.7 Å². The Morgan fingerprint density at radius 3 is 2.46 bits per heavy atom. The number of nitrogens with one attached hydrogen (secondary N) is 2. The van der Waals surface area contributed by atoms with Crippen molar-refractivity contribution >= 4 is 30.1 Å². The van der Waals surface area contributed by atoms with Crippen molar-refractivity contribution in [1.82, 2.24) is 10.7 Å². The van der Waals surface area contributed by atoms with Gasteiger partial charge in [0.05, 0.1) is 19.6 Å². The topological polar surface area (TPSA) is 138 Å². The van der Waals surface area contributed by atoms with Crippen LogP contribution in [0.1, 0.15) is 32.0 Å². The number of rotatable bonds is 9. The normalized spacial score (nSPS) is 12.2. The average Bonchev–Trinajstić information content (AvgIpc) is 3.70. The minimum atomic E-state index is -0.679. The fourth-order valence-electron chi connectivity index (χ4n) is 3.73. The summed E-state index contributed by atoms with van der Waals surface area (Å²) in [6.07, 6.45) is 4.24. The number of amides is 2. The van der Waals surface area contributed by atoms with Crippen molar-refractivity contribution in [2.45, 2.75) is 0 Å². The number of hydrazone groups is 1. The molecule has 206 valence electrons. The Morgan fingerprint density at radius 1 is 0.878 bits per heavy atom. The standard InChI is InChI=1S/C30H23N3O8/c1-37-26-16-20(10-12-24(26)41-30(36)25-8-5-13-38-25)17-31-33-29(35)22(32-28(34)21-6-3-2-4-7-21)14-19-9-11-23-27(15-19)40-18-39-23/h2-17H,18H2,1H3,(H,32,34)(H,33,35). The Kier molecular flexibility index (Phi) is 8.06. The second-order valence-electron chi connectivity index (χ2n) is 8.47. The Hall–Kier alpha value is -5.84. The van der Waals surface area contributed by atoms with Crippen molar-refractivity contribution in [3.8, 4) is 23.0 Å². The van der Waals surface area contributed by atoms with E-state index in [0.29, 0.717) is 28.2 Å². The van der Waals surface area contributed by atoms with Gasteiger partial charge in [-0.25, -0.2) is 10.2 Å². The highest BCUT2D eigenvalue weighted by Gasteiger charge is 2.18. The number of furan rings is 1. The van der Waals surface area contributed by atoms with Crippen LogP contribution in [0, 0.1) is 0 Å². The van der Waals surface area contributed by atoms with E-state index in [4.69, 9.17) is 23.4 Å². The third kappa shape index (κ3) is 6.60. The highest BCUT2D eigenvalue weighted by Crippen LogP contribution is 2.33. The average molecular weight is 554 g/mol. The molecule has 0 fully saturated rings. The molecule has 0 atom stereocenters. The van der Waals surface area contributed by atoms with Crippen LogP contribution < -0.4 is 29.7 Å². The van der Waals surface area contributed by atoms with Gasteiger partial charge in [0.25, 0.3) is 11.8 Å². The lowest BCUT2D eigenvalue weighted by molar-refractivity contribution is -0.117. The lowest BCUT2D eigenvalue weighted by atomic mass is 10.1. The van der Waals surface area contributed by atoms with Crippen LogP contribution in [0.4, 0.5) is 0 Å². The summed E-state index contributed by atoms with van der Waals surface area (Å²) in [6, 6.07) is 21.4. The molecule has 11 heteroatoms. The number of carbonyl (C=O) groups is 3. The van der Waals surface area contributed by atoms with Gasteiger partial charge in [-0.1, -0.05) is 24.3 Å². The molecule has 0 saturated heterocycles. The molecule has 2 N–H and O–H groups in total. The monoisotopic (exact) mass is 553 g/mol. The molecule has 4 aromatic rings. The maximum absolute atomic E-state index is 13.1. The number of fused-ring (bicyclic) bond motifs is 1. The van der Waals surface area contributed by atoms with E-state index < -0.39 is 17.8 Å². The molecule has 0 bridgehead atoms. The lowest BCUT2D eigenvalue weighted by Crippen LogP contribution is -2.32. The SMILES string of the molecule is COc1cc(C=NNC(=O)C(=Cc2ccc3c(c2)OCO3)NC(=O)c2ccccc2)ccc1OC(=O)c1ccco1. The van der Waals surface area contributed by atoms with Gasteiger partial charge in [-0.15, -0.1) is 0 Å². The van der Waals surface area contributed by atoms with Crippen LogP contribution in [0.15, 0.2) is 100 Å². The number of carbonyl (C=O) groups excluding carboxylic acids is 3. The summed E-state index contributed by atoms with van der Waals surface area (Å²) in [5.41, 5.74) is 3.88. The van der Waals surface area contributed by atoms with Gasteiger partial charge in [-0.05, 0) is 71.8 Å². The van der Waals surface area contributed by atoms with Crippen molar-refractivity contribution in [1.29, 1.82) is 0 Å². The molecule has 1 aliphatic heterocycles. The lowest BCUT2D eigenvalue weighted by Gasteiger charge is -2.10. The van der Waals surface area contributed by atoms with E-state index in [2.05, 4.69) is 15.8 Å². The highest BCUT2D eigenvalue weighted by molar-refractivity contribution is 6.05. The third-order valence-electron chi connectivity index (χ3n) is 5.73.